The number of aromatic nitrogens is 2. The standard InChI is InChI=1S/C12H22N4/c1-2-7-14-12(5-1)11-13-6-3-9-16-10-4-8-15-16/h4,8,10,12-14H,1-3,5-7,9,11H2. The molecule has 1 fully saturated rings. The van der Waals surface area contributed by atoms with E-state index in [-0.39, 0.29) is 0 Å². The van der Waals surface area contributed by atoms with Crippen molar-refractivity contribution in [3.63, 3.8) is 0 Å². The van der Waals surface area contributed by atoms with Crippen molar-refractivity contribution in [1.82, 2.24) is 20.4 Å². The van der Waals surface area contributed by atoms with E-state index in [1.807, 2.05) is 23.1 Å². The van der Waals surface area contributed by atoms with E-state index in [2.05, 4.69) is 15.7 Å². The maximum Gasteiger partial charge on any atom is 0.0489 e. The Bertz CT molecular complexity index is 265. The molecule has 0 bridgehead atoms. The third-order valence-electron chi connectivity index (χ3n) is 3.10. The lowest BCUT2D eigenvalue weighted by Gasteiger charge is -2.23. The normalized spacial score (nSPS) is 21.1. The maximum atomic E-state index is 4.18. The lowest BCUT2D eigenvalue weighted by Crippen LogP contribution is -2.42. The molecule has 4 nitrogen and oxygen atoms in total. The van der Waals surface area contributed by atoms with Crippen molar-refractivity contribution in [3.05, 3.63) is 18.5 Å². The smallest absolute Gasteiger partial charge is 0.0489 e. The van der Waals surface area contributed by atoms with Crippen LogP contribution in [0.25, 0.3) is 0 Å². The minimum Gasteiger partial charge on any atom is -0.315 e. The van der Waals surface area contributed by atoms with E-state index in [0.29, 0.717) is 6.04 Å². The molecule has 1 atom stereocenters. The zero-order chi connectivity index (χ0) is 11.1. The Balaban J connectivity index is 1.48. The number of nitrogens with one attached hydrogen (secondary N) is 2. The lowest BCUT2D eigenvalue weighted by atomic mass is 10.1. The van der Waals surface area contributed by atoms with Crippen molar-refractivity contribution in [2.45, 2.75) is 38.3 Å². The number of aryl methyl sites for hydroxylation is 1. The summed E-state index contributed by atoms with van der Waals surface area (Å²) in [5.74, 6) is 0. The Morgan fingerprint density at radius 2 is 2.44 bits per heavy atom. The van der Waals surface area contributed by atoms with Crippen molar-refractivity contribution >= 4 is 0 Å². The van der Waals surface area contributed by atoms with E-state index in [4.69, 9.17) is 0 Å². The van der Waals surface area contributed by atoms with Crippen LogP contribution in [0.5, 0.6) is 0 Å². The van der Waals surface area contributed by atoms with Gasteiger partial charge in [-0.1, -0.05) is 6.42 Å². The Labute approximate surface area is 97.4 Å². The fraction of sp³-hybridized carbons (Fsp3) is 0.750. The van der Waals surface area contributed by atoms with Gasteiger partial charge in [-0.2, -0.15) is 5.10 Å². The third kappa shape index (κ3) is 3.94. The summed E-state index contributed by atoms with van der Waals surface area (Å²) in [6.07, 6.45) is 9.05. The summed E-state index contributed by atoms with van der Waals surface area (Å²) in [5, 5.41) is 11.2. The first-order valence-corrected chi connectivity index (χ1v) is 6.37. The summed E-state index contributed by atoms with van der Waals surface area (Å²) in [6.45, 7) is 4.40. The lowest BCUT2D eigenvalue weighted by molar-refractivity contribution is 0.380. The zero-order valence-corrected chi connectivity index (χ0v) is 9.86. The van der Waals surface area contributed by atoms with Gasteiger partial charge in [-0.15, -0.1) is 0 Å². The van der Waals surface area contributed by atoms with Gasteiger partial charge in [0.05, 0.1) is 0 Å². The largest absolute Gasteiger partial charge is 0.315 e. The number of hydrogen-bond acceptors (Lipinski definition) is 3. The monoisotopic (exact) mass is 222 g/mol. The quantitative estimate of drug-likeness (QED) is 0.706. The fourth-order valence-corrected chi connectivity index (χ4v) is 2.17. The molecule has 1 aromatic rings. The van der Waals surface area contributed by atoms with Crippen molar-refractivity contribution in [1.29, 1.82) is 0 Å². The van der Waals surface area contributed by atoms with Crippen molar-refractivity contribution < 1.29 is 0 Å². The predicted molar refractivity (Wildman–Crippen MR) is 65.4 cm³/mol. The predicted octanol–water partition coefficient (Wildman–Crippen LogP) is 1.00. The molecule has 1 unspecified atom stereocenters. The first-order valence-electron chi connectivity index (χ1n) is 6.37. The van der Waals surface area contributed by atoms with Crippen LogP contribution in [0.3, 0.4) is 0 Å². The van der Waals surface area contributed by atoms with Crippen LogP contribution in [0.1, 0.15) is 25.7 Å². The summed E-state index contributed by atoms with van der Waals surface area (Å²) in [6, 6.07) is 2.66. The van der Waals surface area contributed by atoms with Gasteiger partial charge in [0.15, 0.2) is 0 Å². The average molecular weight is 222 g/mol. The summed E-state index contributed by atoms with van der Waals surface area (Å²) < 4.78 is 1.99. The molecule has 0 aliphatic carbocycles. The molecule has 0 spiro atoms. The van der Waals surface area contributed by atoms with Crippen molar-refractivity contribution in [3.8, 4) is 0 Å². The van der Waals surface area contributed by atoms with Crippen LogP contribution in [-0.2, 0) is 6.54 Å². The maximum absolute atomic E-state index is 4.18. The SMILES string of the molecule is c1cnn(CCCNCC2CCCCN2)c1. The van der Waals surface area contributed by atoms with Gasteiger partial charge < -0.3 is 10.6 Å². The molecule has 1 aromatic heterocycles. The van der Waals surface area contributed by atoms with Crippen molar-refractivity contribution in [2.24, 2.45) is 0 Å². The zero-order valence-electron chi connectivity index (χ0n) is 9.86. The molecule has 1 aliphatic rings. The molecule has 1 aliphatic heterocycles. The van der Waals surface area contributed by atoms with Gasteiger partial charge in [0.2, 0.25) is 0 Å². The van der Waals surface area contributed by atoms with Crippen LogP contribution in [0, 0.1) is 0 Å². The van der Waals surface area contributed by atoms with Crippen LogP contribution in [0.15, 0.2) is 18.5 Å². The Kier molecular flexibility index (Phi) is 4.83. The number of nitrogens with zero attached hydrogens (tertiary/aromatic N) is 2. The molecule has 2 rings (SSSR count). The first kappa shape index (κ1) is 11.6. The second-order valence-electron chi connectivity index (χ2n) is 4.47. The van der Waals surface area contributed by atoms with E-state index in [0.717, 1.165) is 26.1 Å². The summed E-state index contributed by atoms with van der Waals surface area (Å²) in [5.41, 5.74) is 0. The van der Waals surface area contributed by atoms with Crippen LogP contribution in [0.2, 0.25) is 0 Å². The van der Waals surface area contributed by atoms with Crippen LogP contribution in [-0.4, -0.2) is 35.5 Å². The number of piperidine rings is 1. The molecule has 1 saturated heterocycles. The van der Waals surface area contributed by atoms with Crippen LogP contribution < -0.4 is 10.6 Å². The molecule has 4 heteroatoms. The number of hydrogen-bond donors (Lipinski definition) is 2. The fourth-order valence-electron chi connectivity index (χ4n) is 2.17. The van der Waals surface area contributed by atoms with Gasteiger partial charge in [-0.25, -0.2) is 0 Å². The van der Waals surface area contributed by atoms with Gasteiger partial charge >= 0.3 is 0 Å². The van der Waals surface area contributed by atoms with Gasteiger partial charge in [-0.3, -0.25) is 4.68 Å². The topological polar surface area (TPSA) is 41.9 Å². The van der Waals surface area contributed by atoms with Gasteiger partial charge in [-0.05, 0) is 38.4 Å². The highest BCUT2D eigenvalue weighted by atomic mass is 15.3. The average Bonchev–Trinajstić information content (AvgIpc) is 2.83. The van der Waals surface area contributed by atoms with Crippen LogP contribution in [0.4, 0.5) is 0 Å². The number of rotatable bonds is 6. The van der Waals surface area contributed by atoms with E-state index in [9.17, 15) is 0 Å². The second-order valence-corrected chi connectivity index (χ2v) is 4.47. The van der Waals surface area contributed by atoms with E-state index in [1.54, 1.807) is 0 Å². The van der Waals surface area contributed by atoms with Gasteiger partial charge in [0.1, 0.15) is 0 Å². The molecular weight excluding hydrogens is 200 g/mol. The van der Waals surface area contributed by atoms with E-state index < -0.39 is 0 Å². The molecule has 0 amide bonds. The molecular formula is C12H22N4. The Morgan fingerprint density at radius 1 is 1.44 bits per heavy atom. The summed E-state index contributed by atoms with van der Waals surface area (Å²) >= 11 is 0. The highest BCUT2D eigenvalue weighted by Gasteiger charge is 2.10. The van der Waals surface area contributed by atoms with Crippen molar-refractivity contribution in [2.75, 3.05) is 19.6 Å². The molecule has 0 aromatic carbocycles. The molecule has 0 saturated carbocycles. The molecule has 16 heavy (non-hydrogen) atoms. The summed E-state index contributed by atoms with van der Waals surface area (Å²) in [7, 11) is 0. The molecule has 0 radical (unpaired) electrons. The van der Waals surface area contributed by atoms with E-state index in [1.165, 1.54) is 25.8 Å². The highest BCUT2D eigenvalue weighted by molar-refractivity contribution is 4.78. The summed E-state index contributed by atoms with van der Waals surface area (Å²) in [4.78, 5) is 0. The van der Waals surface area contributed by atoms with Gasteiger partial charge in [0, 0.05) is 31.5 Å². The minimum absolute atomic E-state index is 0.693. The van der Waals surface area contributed by atoms with Gasteiger partial charge in [0.25, 0.3) is 0 Å². The van der Waals surface area contributed by atoms with Crippen LogP contribution >= 0.6 is 0 Å². The molecule has 90 valence electrons. The first-order chi connectivity index (χ1) is 7.95. The minimum atomic E-state index is 0.693. The Hall–Kier alpha value is -0.870. The van der Waals surface area contributed by atoms with E-state index >= 15 is 0 Å². The Morgan fingerprint density at radius 3 is 3.19 bits per heavy atom. The highest BCUT2D eigenvalue weighted by Crippen LogP contribution is 2.05. The molecule has 2 N–H and O–H groups in total. The second kappa shape index (κ2) is 6.66. The molecule has 2 heterocycles. The third-order valence-corrected chi connectivity index (χ3v) is 3.10.